The Hall–Kier alpha value is -4.53. The molecule has 0 aliphatic carbocycles. The summed E-state index contributed by atoms with van der Waals surface area (Å²) in [6, 6.07) is 17.2. The summed E-state index contributed by atoms with van der Waals surface area (Å²) in [4.78, 5) is 20.7. The molecule has 4 rings (SSSR count). The highest BCUT2D eigenvalue weighted by molar-refractivity contribution is 5.88. The molecule has 168 valence electrons. The quantitative estimate of drug-likeness (QED) is 0.420. The van der Waals surface area contributed by atoms with Crippen LogP contribution in [0.25, 0.3) is 10.9 Å². The summed E-state index contributed by atoms with van der Waals surface area (Å²) in [6.07, 6.45) is 0.768. The number of hydrogen-bond donors (Lipinski definition) is 1. The summed E-state index contributed by atoms with van der Waals surface area (Å²) in [6.45, 7) is 0. The van der Waals surface area contributed by atoms with Crippen LogP contribution >= 0.6 is 0 Å². The number of aromatic nitrogens is 2. The molecule has 0 saturated carbocycles. The van der Waals surface area contributed by atoms with E-state index in [-0.39, 0.29) is 0 Å². The van der Waals surface area contributed by atoms with Gasteiger partial charge >= 0.3 is 6.09 Å². The molecule has 0 aliphatic heterocycles. The summed E-state index contributed by atoms with van der Waals surface area (Å²) in [7, 11) is 4.62. The third-order valence-corrected chi connectivity index (χ3v) is 4.69. The van der Waals surface area contributed by atoms with Crippen molar-refractivity contribution in [1.82, 2.24) is 9.97 Å². The van der Waals surface area contributed by atoms with Crippen molar-refractivity contribution in [3.63, 3.8) is 0 Å². The van der Waals surface area contributed by atoms with Crippen LogP contribution < -0.4 is 29.0 Å². The van der Waals surface area contributed by atoms with Crippen LogP contribution in [0.3, 0.4) is 0 Å². The van der Waals surface area contributed by atoms with Gasteiger partial charge in [-0.25, -0.2) is 14.8 Å². The number of para-hydroxylation sites is 2. The maximum atomic E-state index is 12.2. The van der Waals surface area contributed by atoms with E-state index in [1.54, 1.807) is 74.9 Å². The van der Waals surface area contributed by atoms with Crippen molar-refractivity contribution >= 4 is 22.7 Å². The van der Waals surface area contributed by atoms with E-state index >= 15 is 0 Å². The summed E-state index contributed by atoms with van der Waals surface area (Å²) in [5.74, 6) is 2.76. The Kier molecular flexibility index (Phi) is 6.40. The maximum absolute atomic E-state index is 12.2. The highest BCUT2D eigenvalue weighted by atomic mass is 16.6. The van der Waals surface area contributed by atoms with Crippen molar-refractivity contribution in [3.8, 4) is 34.6 Å². The van der Waals surface area contributed by atoms with Crippen LogP contribution in [0, 0.1) is 0 Å². The number of benzene rings is 3. The number of nitrogens with one attached hydrogen (secondary N) is 1. The minimum atomic E-state index is -0.643. The Morgan fingerprint density at radius 1 is 0.788 bits per heavy atom. The normalized spacial score (nSPS) is 10.4. The fourth-order valence-corrected chi connectivity index (χ4v) is 3.11. The lowest BCUT2D eigenvalue weighted by Crippen LogP contribution is -2.17. The van der Waals surface area contributed by atoms with Crippen molar-refractivity contribution in [3.05, 3.63) is 67.0 Å². The van der Waals surface area contributed by atoms with Gasteiger partial charge in [0.2, 0.25) is 5.88 Å². The monoisotopic (exact) mass is 447 g/mol. The van der Waals surface area contributed by atoms with Crippen molar-refractivity contribution in [2.24, 2.45) is 0 Å². The molecule has 0 atom stereocenters. The maximum Gasteiger partial charge on any atom is 0.417 e. The van der Waals surface area contributed by atoms with E-state index < -0.39 is 6.09 Å². The molecule has 33 heavy (non-hydrogen) atoms. The molecule has 1 aromatic heterocycles. The lowest BCUT2D eigenvalue weighted by molar-refractivity contribution is 0.213. The topological polar surface area (TPSA) is 101 Å². The number of fused-ring (bicyclic) bond motifs is 1. The molecule has 0 bridgehead atoms. The summed E-state index contributed by atoms with van der Waals surface area (Å²) >= 11 is 0. The first-order valence-corrected chi connectivity index (χ1v) is 9.87. The summed E-state index contributed by atoms with van der Waals surface area (Å²) in [5, 5.41) is 3.33. The van der Waals surface area contributed by atoms with Crippen LogP contribution in [-0.2, 0) is 0 Å². The number of anilines is 1. The number of rotatable bonds is 7. The zero-order valence-corrected chi connectivity index (χ0v) is 18.2. The molecule has 3 aromatic carbocycles. The number of carbonyl (C=O) groups is 1. The Bertz CT molecular complexity index is 1280. The summed E-state index contributed by atoms with van der Waals surface area (Å²) in [5.41, 5.74) is 1.18. The molecule has 0 spiro atoms. The molecular weight excluding hydrogens is 426 g/mol. The molecule has 0 radical (unpaired) electrons. The van der Waals surface area contributed by atoms with Gasteiger partial charge in [0.05, 0.1) is 32.2 Å². The van der Waals surface area contributed by atoms with Crippen molar-refractivity contribution in [1.29, 1.82) is 0 Å². The van der Waals surface area contributed by atoms with E-state index in [4.69, 9.17) is 23.7 Å². The third-order valence-electron chi connectivity index (χ3n) is 4.69. The van der Waals surface area contributed by atoms with Gasteiger partial charge in [-0.1, -0.05) is 12.1 Å². The minimum absolute atomic E-state index is 0.320. The molecular formula is C24H21N3O6. The zero-order valence-electron chi connectivity index (χ0n) is 18.2. The first kappa shape index (κ1) is 21.7. The van der Waals surface area contributed by atoms with Crippen molar-refractivity contribution in [2.75, 3.05) is 26.6 Å². The van der Waals surface area contributed by atoms with E-state index in [9.17, 15) is 4.79 Å². The van der Waals surface area contributed by atoms with Gasteiger partial charge in [-0.3, -0.25) is 5.32 Å². The fraction of sp³-hybridized carbons (Fsp3) is 0.125. The largest absolute Gasteiger partial charge is 0.493 e. The zero-order chi connectivity index (χ0) is 23.2. The molecule has 0 saturated heterocycles. The van der Waals surface area contributed by atoms with Gasteiger partial charge < -0.3 is 23.7 Å². The highest BCUT2D eigenvalue weighted by Crippen LogP contribution is 2.36. The van der Waals surface area contributed by atoms with Crippen LogP contribution in [0.1, 0.15) is 0 Å². The summed E-state index contributed by atoms with van der Waals surface area (Å²) < 4.78 is 27.1. The van der Waals surface area contributed by atoms with Crippen LogP contribution in [0.5, 0.6) is 34.6 Å². The first-order chi connectivity index (χ1) is 16.1. The van der Waals surface area contributed by atoms with E-state index in [2.05, 4.69) is 15.3 Å². The number of nitrogens with zero attached hydrogens (tertiary/aromatic N) is 2. The second-order valence-corrected chi connectivity index (χ2v) is 6.69. The smallest absolute Gasteiger partial charge is 0.417 e. The van der Waals surface area contributed by atoms with E-state index in [1.165, 1.54) is 13.4 Å². The Morgan fingerprint density at radius 2 is 1.45 bits per heavy atom. The molecule has 0 unspecified atom stereocenters. The van der Waals surface area contributed by atoms with Gasteiger partial charge in [-0.05, 0) is 42.5 Å². The molecule has 9 nitrogen and oxygen atoms in total. The van der Waals surface area contributed by atoms with Gasteiger partial charge in [0.25, 0.3) is 0 Å². The standard InChI is InChI=1S/C24H21N3O6/c1-29-19-6-4-5-7-20(19)33-24(28)27-15-8-10-16(11-9-15)32-23-17-12-21(30-2)22(31-3)13-18(17)25-14-26-23/h4-14H,1-3H3,(H,27,28). The van der Waals surface area contributed by atoms with Crippen LogP contribution in [0.4, 0.5) is 10.5 Å². The lowest BCUT2D eigenvalue weighted by atomic mass is 10.2. The molecule has 9 heteroatoms. The van der Waals surface area contributed by atoms with Crippen molar-refractivity contribution in [2.45, 2.75) is 0 Å². The van der Waals surface area contributed by atoms with Gasteiger partial charge in [0.15, 0.2) is 23.0 Å². The van der Waals surface area contributed by atoms with Crippen LogP contribution in [-0.4, -0.2) is 37.4 Å². The highest BCUT2D eigenvalue weighted by Gasteiger charge is 2.13. The first-order valence-electron chi connectivity index (χ1n) is 9.87. The number of carbonyl (C=O) groups excluding carboxylic acids is 1. The molecule has 1 amide bonds. The number of ether oxygens (including phenoxy) is 5. The average molecular weight is 447 g/mol. The van der Waals surface area contributed by atoms with Gasteiger partial charge in [-0.2, -0.15) is 0 Å². The van der Waals surface area contributed by atoms with E-state index in [0.29, 0.717) is 51.2 Å². The molecule has 4 aromatic rings. The lowest BCUT2D eigenvalue weighted by Gasteiger charge is -2.12. The van der Waals surface area contributed by atoms with E-state index in [0.717, 1.165) is 0 Å². The molecule has 0 aliphatic rings. The number of methoxy groups -OCH3 is 3. The Balaban J connectivity index is 1.48. The Morgan fingerprint density at radius 3 is 2.15 bits per heavy atom. The minimum Gasteiger partial charge on any atom is -0.493 e. The van der Waals surface area contributed by atoms with Gasteiger partial charge in [0.1, 0.15) is 12.1 Å². The molecule has 1 heterocycles. The van der Waals surface area contributed by atoms with Crippen molar-refractivity contribution < 1.29 is 28.5 Å². The second-order valence-electron chi connectivity index (χ2n) is 6.69. The fourth-order valence-electron chi connectivity index (χ4n) is 3.11. The predicted octanol–water partition coefficient (Wildman–Crippen LogP) is 5.06. The predicted molar refractivity (Wildman–Crippen MR) is 122 cm³/mol. The number of amides is 1. The SMILES string of the molecule is COc1cc2ncnc(Oc3ccc(NC(=O)Oc4ccccc4OC)cc3)c2cc1OC. The number of hydrogen-bond acceptors (Lipinski definition) is 8. The second kappa shape index (κ2) is 9.73. The van der Waals surface area contributed by atoms with Gasteiger partial charge in [-0.15, -0.1) is 0 Å². The van der Waals surface area contributed by atoms with Gasteiger partial charge in [0, 0.05) is 11.8 Å². The average Bonchev–Trinajstić information content (AvgIpc) is 2.84. The Labute approximate surface area is 189 Å². The van der Waals surface area contributed by atoms with Crippen LogP contribution in [0.2, 0.25) is 0 Å². The third kappa shape index (κ3) is 4.87. The molecule has 1 N–H and O–H groups in total. The van der Waals surface area contributed by atoms with Crippen LogP contribution in [0.15, 0.2) is 67.0 Å². The molecule has 0 fully saturated rings. The van der Waals surface area contributed by atoms with E-state index in [1.807, 2.05) is 0 Å².